The molecular weight excluding hydrogens is 406 g/mol. The number of carbonyl (C=O) groups excluding carboxylic acids is 1. The molecule has 0 unspecified atom stereocenters. The van der Waals surface area contributed by atoms with Crippen LogP contribution in [0.15, 0.2) is 85.2 Å². The molecule has 7 nitrogen and oxygen atoms in total. The molecule has 7 heteroatoms. The number of nitrogens with zero attached hydrogens (tertiary/aromatic N) is 2. The van der Waals surface area contributed by atoms with E-state index in [4.69, 9.17) is 14.2 Å². The normalized spacial score (nSPS) is 11.8. The Hall–Kier alpha value is -4.39. The van der Waals surface area contributed by atoms with Crippen molar-refractivity contribution in [2.24, 2.45) is 0 Å². The summed E-state index contributed by atoms with van der Waals surface area (Å²) in [6.07, 6.45) is 3.07. The van der Waals surface area contributed by atoms with Crippen molar-refractivity contribution in [1.82, 2.24) is 9.97 Å². The standard InChI is InChI=1S/C25H19N3O4/c29-25(28-19-10-11-21-22(14-19)32-16-31-21)24-23(26-12-13-27-24)18-8-6-17(7-9-18)15-30-20-4-2-1-3-5-20/h1-14H,15-16H2,(H,28,29). The van der Waals surface area contributed by atoms with Crippen molar-refractivity contribution in [3.05, 3.63) is 96.4 Å². The molecule has 158 valence electrons. The molecule has 0 aliphatic carbocycles. The largest absolute Gasteiger partial charge is 0.489 e. The van der Waals surface area contributed by atoms with Gasteiger partial charge < -0.3 is 19.5 Å². The van der Waals surface area contributed by atoms with Crippen LogP contribution in [0.5, 0.6) is 17.2 Å². The molecule has 32 heavy (non-hydrogen) atoms. The van der Waals surface area contributed by atoms with Gasteiger partial charge in [-0.25, -0.2) is 4.98 Å². The van der Waals surface area contributed by atoms with Gasteiger partial charge in [0.05, 0.1) is 0 Å². The first-order valence-electron chi connectivity index (χ1n) is 10.1. The van der Waals surface area contributed by atoms with Crippen LogP contribution in [0.4, 0.5) is 5.69 Å². The van der Waals surface area contributed by atoms with Gasteiger partial charge in [-0.2, -0.15) is 0 Å². The maximum absolute atomic E-state index is 12.9. The Balaban J connectivity index is 1.32. The van der Waals surface area contributed by atoms with Crippen LogP contribution in [0.2, 0.25) is 0 Å². The number of aromatic nitrogens is 2. The SMILES string of the molecule is O=C(Nc1ccc2c(c1)OCO2)c1nccnc1-c1ccc(COc2ccccc2)cc1. The molecule has 0 saturated carbocycles. The van der Waals surface area contributed by atoms with Gasteiger partial charge in [0.25, 0.3) is 5.91 Å². The zero-order chi connectivity index (χ0) is 21.8. The lowest BCUT2D eigenvalue weighted by Gasteiger charge is -2.10. The number of nitrogens with one attached hydrogen (secondary N) is 1. The molecule has 1 amide bonds. The van der Waals surface area contributed by atoms with Crippen molar-refractivity contribution in [1.29, 1.82) is 0 Å². The summed E-state index contributed by atoms with van der Waals surface area (Å²) in [4.78, 5) is 21.6. The lowest BCUT2D eigenvalue weighted by atomic mass is 10.1. The Morgan fingerprint density at radius 2 is 1.69 bits per heavy atom. The second kappa shape index (κ2) is 8.77. The van der Waals surface area contributed by atoms with Crippen LogP contribution < -0.4 is 19.5 Å². The van der Waals surface area contributed by atoms with Gasteiger partial charge in [-0.05, 0) is 29.8 Å². The molecular formula is C25H19N3O4. The number of rotatable bonds is 6. The molecule has 4 aromatic rings. The second-order valence-electron chi connectivity index (χ2n) is 7.07. The third-order valence-corrected chi connectivity index (χ3v) is 4.92. The van der Waals surface area contributed by atoms with Gasteiger partial charge in [0.1, 0.15) is 18.1 Å². The fourth-order valence-electron chi connectivity index (χ4n) is 3.32. The van der Waals surface area contributed by atoms with Gasteiger partial charge in [0.2, 0.25) is 6.79 Å². The van der Waals surface area contributed by atoms with Gasteiger partial charge in [-0.1, -0.05) is 42.5 Å². The molecule has 1 aromatic heterocycles. The molecule has 2 heterocycles. The van der Waals surface area contributed by atoms with E-state index in [1.807, 2.05) is 54.6 Å². The lowest BCUT2D eigenvalue weighted by molar-refractivity contribution is 0.102. The van der Waals surface area contributed by atoms with Crippen LogP contribution in [-0.2, 0) is 6.61 Å². The van der Waals surface area contributed by atoms with E-state index in [2.05, 4.69) is 15.3 Å². The molecule has 5 rings (SSSR count). The number of fused-ring (bicyclic) bond motifs is 1. The van der Waals surface area contributed by atoms with Crippen LogP contribution in [0.25, 0.3) is 11.3 Å². The average molecular weight is 425 g/mol. The highest BCUT2D eigenvalue weighted by atomic mass is 16.7. The first-order valence-corrected chi connectivity index (χ1v) is 10.1. The minimum absolute atomic E-state index is 0.174. The Kier molecular flexibility index (Phi) is 5.36. The van der Waals surface area contributed by atoms with E-state index in [9.17, 15) is 4.79 Å². The molecule has 0 bridgehead atoms. The summed E-state index contributed by atoms with van der Waals surface area (Å²) >= 11 is 0. The number of amides is 1. The summed E-state index contributed by atoms with van der Waals surface area (Å²) in [7, 11) is 0. The van der Waals surface area contributed by atoms with Crippen molar-refractivity contribution in [3.63, 3.8) is 0 Å². The quantitative estimate of drug-likeness (QED) is 0.482. The first kappa shape index (κ1) is 19.6. The predicted molar refractivity (Wildman–Crippen MR) is 119 cm³/mol. The Bertz CT molecular complexity index is 1240. The van der Waals surface area contributed by atoms with Crippen molar-refractivity contribution < 1.29 is 19.0 Å². The van der Waals surface area contributed by atoms with Crippen molar-refractivity contribution in [3.8, 4) is 28.5 Å². The van der Waals surface area contributed by atoms with Gasteiger partial charge >= 0.3 is 0 Å². The van der Waals surface area contributed by atoms with Gasteiger partial charge in [-0.3, -0.25) is 9.78 Å². The number of hydrogen-bond donors (Lipinski definition) is 1. The second-order valence-corrected chi connectivity index (χ2v) is 7.07. The van der Waals surface area contributed by atoms with Crippen LogP contribution >= 0.6 is 0 Å². The van der Waals surface area contributed by atoms with Crippen LogP contribution in [0.1, 0.15) is 16.1 Å². The maximum Gasteiger partial charge on any atom is 0.276 e. The third-order valence-electron chi connectivity index (χ3n) is 4.92. The number of carbonyl (C=O) groups is 1. The van der Waals surface area contributed by atoms with Gasteiger partial charge in [0.15, 0.2) is 17.2 Å². The zero-order valence-corrected chi connectivity index (χ0v) is 17.0. The number of hydrogen-bond acceptors (Lipinski definition) is 6. The fourth-order valence-corrected chi connectivity index (χ4v) is 3.32. The van der Waals surface area contributed by atoms with Gasteiger partial charge in [-0.15, -0.1) is 0 Å². The molecule has 1 aliphatic rings. The number of para-hydroxylation sites is 1. The fraction of sp³-hybridized carbons (Fsp3) is 0.0800. The smallest absolute Gasteiger partial charge is 0.276 e. The van der Waals surface area contributed by atoms with E-state index < -0.39 is 0 Å². The van der Waals surface area contributed by atoms with Crippen molar-refractivity contribution in [2.45, 2.75) is 6.61 Å². The Morgan fingerprint density at radius 1 is 0.906 bits per heavy atom. The zero-order valence-electron chi connectivity index (χ0n) is 17.0. The molecule has 1 N–H and O–H groups in total. The lowest BCUT2D eigenvalue weighted by Crippen LogP contribution is -2.15. The maximum atomic E-state index is 12.9. The van der Waals surface area contributed by atoms with E-state index in [0.29, 0.717) is 29.5 Å². The number of anilines is 1. The molecule has 1 aliphatic heterocycles. The number of ether oxygens (including phenoxy) is 3. The van der Waals surface area contributed by atoms with E-state index in [1.165, 1.54) is 6.20 Å². The molecule has 3 aromatic carbocycles. The summed E-state index contributed by atoms with van der Waals surface area (Å²) in [6.45, 7) is 0.621. The summed E-state index contributed by atoms with van der Waals surface area (Å²) in [5.41, 5.74) is 3.12. The highest BCUT2D eigenvalue weighted by Gasteiger charge is 2.18. The summed E-state index contributed by atoms with van der Waals surface area (Å²) < 4.78 is 16.5. The number of benzene rings is 3. The predicted octanol–water partition coefficient (Wildman–Crippen LogP) is 4.70. The molecule has 0 saturated heterocycles. The minimum atomic E-state index is -0.358. The van der Waals surface area contributed by atoms with Crippen LogP contribution in [0.3, 0.4) is 0 Å². The molecule has 0 atom stereocenters. The minimum Gasteiger partial charge on any atom is -0.489 e. The molecule has 0 radical (unpaired) electrons. The monoisotopic (exact) mass is 425 g/mol. The van der Waals surface area contributed by atoms with Crippen molar-refractivity contribution in [2.75, 3.05) is 12.1 Å². The van der Waals surface area contributed by atoms with E-state index in [1.54, 1.807) is 24.4 Å². The van der Waals surface area contributed by atoms with E-state index in [-0.39, 0.29) is 18.4 Å². The molecule has 0 fully saturated rings. The van der Waals surface area contributed by atoms with Crippen LogP contribution in [-0.4, -0.2) is 22.7 Å². The van der Waals surface area contributed by atoms with E-state index in [0.717, 1.165) is 16.9 Å². The van der Waals surface area contributed by atoms with E-state index >= 15 is 0 Å². The highest BCUT2D eigenvalue weighted by Crippen LogP contribution is 2.34. The summed E-state index contributed by atoms with van der Waals surface area (Å²) in [5, 5.41) is 2.85. The average Bonchev–Trinajstić information content (AvgIpc) is 3.32. The summed E-state index contributed by atoms with van der Waals surface area (Å²) in [6, 6.07) is 22.6. The Morgan fingerprint density at radius 3 is 2.53 bits per heavy atom. The van der Waals surface area contributed by atoms with Crippen LogP contribution in [0, 0.1) is 0 Å². The van der Waals surface area contributed by atoms with Crippen molar-refractivity contribution >= 4 is 11.6 Å². The highest BCUT2D eigenvalue weighted by molar-refractivity contribution is 6.06. The van der Waals surface area contributed by atoms with Gasteiger partial charge in [0, 0.05) is 29.7 Å². The topological polar surface area (TPSA) is 82.6 Å². The Labute approximate surface area is 184 Å². The first-order chi connectivity index (χ1) is 15.8. The molecule has 0 spiro atoms. The summed E-state index contributed by atoms with van der Waals surface area (Å²) in [5.74, 6) is 1.70. The third kappa shape index (κ3) is 4.22.